The Morgan fingerprint density at radius 1 is 1.54 bits per heavy atom. The van der Waals surface area contributed by atoms with Crippen molar-refractivity contribution in [1.82, 2.24) is 9.55 Å². The largest absolute Gasteiger partial charge is 0.388 e. The molecule has 0 fully saturated rings. The summed E-state index contributed by atoms with van der Waals surface area (Å²) >= 11 is 5.74. The number of alkyl halides is 2. The third-order valence-electron chi connectivity index (χ3n) is 3.57. The first-order chi connectivity index (χ1) is 12.1. The number of aliphatic hydroxyl groups excluding tert-OH is 1. The molecule has 0 saturated heterocycles. The van der Waals surface area contributed by atoms with E-state index in [2.05, 4.69) is 14.0 Å². The van der Waals surface area contributed by atoms with Gasteiger partial charge in [-0.2, -0.15) is 9.37 Å². The van der Waals surface area contributed by atoms with Crippen molar-refractivity contribution >= 4 is 25.0 Å². The van der Waals surface area contributed by atoms with E-state index < -0.39 is 42.7 Å². The normalized spacial score (nSPS) is 17.6. The number of ether oxygens (including phenoxy) is 1. The van der Waals surface area contributed by atoms with Crippen LogP contribution in [0.1, 0.15) is 6.30 Å². The second-order valence-electron chi connectivity index (χ2n) is 4.98. The molecule has 3 atom stereocenters. The van der Waals surface area contributed by atoms with Crippen molar-refractivity contribution in [1.29, 1.82) is 0 Å². The van der Waals surface area contributed by atoms with Crippen LogP contribution in [0.3, 0.4) is 0 Å². The first-order valence-corrected chi connectivity index (χ1v) is 9.06. The summed E-state index contributed by atoms with van der Waals surface area (Å²) in [5, 5.41) is 10.3. The standard InChI is InChI=1S/C13H19ClF2N3O6P/c1-23-13(7-14,6-8(15)26(22,24-2)25-3)10(20)11(16)19-5-4-9(17)18-12(19)21/h4-6,10-11,20H,7H2,1-3H3,(H2,17,18,21)/b8-6-/t10-,11-,13-/m0/s1. The number of nitrogens with two attached hydrogens (primary N) is 1. The molecule has 0 aromatic carbocycles. The van der Waals surface area contributed by atoms with Crippen molar-refractivity contribution in [2.75, 3.05) is 32.9 Å². The molecule has 9 nitrogen and oxygen atoms in total. The van der Waals surface area contributed by atoms with E-state index in [4.69, 9.17) is 22.1 Å². The molecule has 26 heavy (non-hydrogen) atoms. The Morgan fingerprint density at radius 3 is 2.54 bits per heavy atom. The fourth-order valence-electron chi connectivity index (χ4n) is 1.97. The van der Waals surface area contributed by atoms with Crippen molar-refractivity contribution in [2.45, 2.75) is 18.0 Å². The molecule has 0 unspecified atom stereocenters. The maximum atomic E-state index is 14.7. The highest BCUT2D eigenvalue weighted by Crippen LogP contribution is 2.56. The average molecular weight is 418 g/mol. The number of hydrogen-bond donors (Lipinski definition) is 2. The van der Waals surface area contributed by atoms with Gasteiger partial charge in [-0.25, -0.2) is 9.18 Å². The Morgan fingerprint density at radius 2 is 2.12 bits per heavy atom. The summed E-state index contributed by atoms with van der Waals surface area (Å²) in [5.74, 6) is -0.821. The zero-order chi connectivity index (χ0) is 20.1. The minimum Gasteiger partial charge on any atom is -0.385 e. The lowest BCUT2D eigenvalue weighted by Gasteiger charge is -2.34. The summed E-state index contributed by atoms with van der Waals surface area (Å²) < 4.78 is 55.5. The minimum atomic E-state index is -4.33. The van der Waals surface area contributed by atoms with E-state index >= 15 is 0 Å². The second-order valence-corrected chi connectivity index (χ2v) is 7.40. The van der Waals surface area contributed by atoms with E-state index in [0.29, 0.717) is 10.6 Å². The topological polar surface area (TPSA) is 126 Å². The number of aromatic nitrogens is 2. The molecule has 3 N–H and O–H groups in total. The van der Waals surface area contributed by atoms with Gasteiger partial charge in [-0.1, -0.05) is 0 Å². The zero-order valence-corrected chi connectivity index (χ0v) is 15.8. The van der Waals surface area contributed by atoms with Gasteiger partial charge in [0.15, 0.2) is 0 Å². The van der Waals surface area contributed by atoms with Crippen LogP contribution in [0, 0.1) is 0 Å². The molecule has 0 saturated carbocycles. The highest BCUT2D eigenvalue weighted by atomic mass is 35.5. The summed E-state index contributed by atoms with van der Waals surface area (Å²) in [6, 6.07) is 1.12. The predicted molar refractivity (Wildman–Crippen MR) is 90.3 cm³/mol. The number of aliphatic hydroxyl groups is 1. The molecule has 1 rings (SSSR count). The summed E-state index contributed by atoms with van der Waals surface area (Å²) in [6.45, 7) is 0. The van der Waals surface area contributed by atoms with E-state index in [9.17, 15) is 23.2 Å². The van der Waals surface area contributed by atoms with Crippen molar-refractivity contribution in [3.63, 3.8) is 0 Å². The van der Waals surface area contributed by atoms with E-state index in [0.717, 1.165) is 33.6 Å². The van der Waals surface area contributed by atoms with Crippen LogP contribution >= 0.6 is 19.2 Å². The lowest BCUT2D eigenvalue weighted by atomic mass is 9.97. The number of nitrogens with zero attached hydrogens (tertiary/aromatic N) is 2. The van der Waals surface area contributed by atoms with Crippen molar-refractivity contribution in [3.05, 3.63) is 34.4 Å². The Hall–Kier alpha value is -1.36. The Kier molecular flexibility index (Phi) is 7.87. The quantitative estimate of drug-likeness (QED) is 0.458. The maximum Gasteiger partial charge on any atom is 0.388 e. The fourth-order valence-corrected chi connectivity index (χ4v) is 3.18. The number of nitrogen functional groups attached to an aromatic ring is 1. The smallest absolute Gasteiger partial charge is 0.385 e. The summed E-state index contributed by atoms with van der Waals surface area (Å²) in [5.41, 5.74) is 0.547. The van der Waals surface area contributed by atoms with Crippen LogP contribution in [0.4, 0.5) is 14.6 Å². The van der Waals surface area contributed by atoms with Gasteiger partial charge in [0.2, 0.25) is 11.9 Å². The van der Waals surface area contributed by atoms with Crippen LogP contribution in [0.2, 0.25) is 0 Å². The third kappa shape index (κ3) is 4.48. The molecular formula is C13H19ClF2N3O6P. The molecule has 1 aromatic heterocycles. The lowest BCUT2D eigenvalue weighted by Crippen LogP contribution is -2.49. The molecule has 1 heterocycles. The lowest BCUT2D eigenvalue weighted by molar-refractivity contribution is -0.106. The van der Waals surface area contributed by atoms with E-state index in [1.807, 2.05) is 0 Å². The van der Waals surface area contributed by atoms with Gasteiger partial charge in [0.1, 0.15) is 17.5 Å². The molecule has 0 bridgehead atoms. The van der Waals surface area contributed by atoms with Gasteiger partial charge in [0, 0.05) is 27.5 Å². The summed E-state index contributed by atoms with van der Waals surface area (Å²) in [6.07, 6.45) is -3.20. The van der Waals surface area contributed by atoms with Gasteiger partial charge in [0.05, 0.1) is 5.88 Å². The maximum absolute atomic E-state index is 14.7. The Labute approximate surface area is 152 Å². The van der Waals surface area contributed by atoms with Crippen molar-refractivity contribution in [3.8, 4) is 0 Å². The van der Waals surface area contributed by atoms with Gasteiger partial charge >= 0.3 is 13.3 Å². The van der Waals surface area contributed by atoms with E-state index in [-0.39, 0.29) is 5.82 Å². The van der Waals surface area contributed by atoms with Gasteiger partial charge in [-0.05, 0) is 12.1 Å². The molecule has 148 valence electrons. The minimum absolute atomic E-state index is 0.157. The molecule has 0 amide bonds. The van der Waals surface area contributed by atoms with Crippen LogP contribution in [-0.2, 0) is 18.3 Å². The van der Waals surface area contributed by atoms with Gasteiger partial charge in [-0.15, -0.1) is 11.6 Å². The zero-order valence-electron chi connectivity index (χ0n) is 14.1. The van der Waals surface area contributed by atoms with Crippen LogP contribution in [0.25, 0.3) is 0 Å². The van der Waals surface area contributed by atoms with Crippen LogP contribution in [0.15, 0.2) is 28.7 Å². The van der Waals surface area contributed by atoms with Crippen LogP contribution in [-0.4, -0.2) is 53.6 Å². The molecular weight excluding hydrogens is 399 g/mol. The monoisotopic (exact) mass is 417 g/mol. The first kappa shape index (κ1) is 22.7. The number of methoxy groups -OCH3 is 1. The molecule has 0 aliphatic rings. The van der Waals surface area contributed by atoms with E-state index in [1.165, 1.54) is 0 Å². The summed E-state index contributed by atoms with van der Waals surface area (Å²) in [4.78, 5) is 15.1. The van der Waals surface area contributed by atoms with E-state index in [1.54, 1.807) is 0 Å². The predicted octanol–water partition coefficient (Wildman–Crippen LogP) is 1.58. The third-order valence-corrected chi connectivity index (χ3v) is 5.60. The SMILES string of the molecule is CO[C@@](/C=C(/F)P(=O)(OC)OC)(CCl)[C@@H](O)[C@@H](F)n1ccc(N)nc1=O. The molecule has 0 spiro atoms. The molecule has 0 aliphatic carbocycles. The average Bonchev–Trinajstić information content (AvgIpc) is 2.64. The van der Waals surface area contributed by atoms with Crippen molar-refractivity contribution in [2.24, 2.45) is 0 Å². The number of hydrogen-bond acceptors (Lipinski definition) is 8. The van der Waals surface area contributed by atoms with Gasteiger partial charge in [0.25, 0.3) is 0 Å². The molecule has 0 aliphatic heterocycles. The second kappa shape index (κ2) is 9.03. The fraction of sp³-hybridized carbons (Fsp3) is 0.538. The van der Waals surface area contributed by atoms with Crippen LogP contribution < -0.4 is 11.4 Å². The van der Waals surface area contributed by atoms with Crippen molar-refractivity contribution < 1.29 is 32.2 Å². The number of halogens is 3. The number of rotatable bonds is 9. The molecule has 0 radical (unpaired) electrons. The first-order valence-electron chi connectivity index (χ1n) is 6.99. The molecule has 1 aromatic rings. The molecule has 13 heteroatoms. The summed E-state index contributed by atoms with van der Waals surface area (Å²) in [7, 11) is -1.45. The number of anilines is 1. The highest BCUT2D eigenvalue weighted by molar-refractivity contribution is 7.58. The van der Waals surface area contributed by atoms with Gasteiger partial charge < -0.3 is 24.6 Å². The van der Waals surface area contributed by atoms with Crippen LogP contribution in [0.5, 0.6) is 0 Å². The van der Waals surface area contributed by atoms with Gasteiger partial charge in [-0.3, -0.25) is 9.13 Å². The Bertz CT molecular complexity index is 750. The Balaban J connectivity index is 3.38. The highest BCUT2D eigenvalue weighted by Gasteiger charge is 2.45.